The molecular formula is C36H44ClI2N3O3S+2. The summed E-state index contributed by atoms with van der Waals surface area (Å²) in [6, 6.07) is 13.0. The average molecular weight is 888 g/mol. The number of allylic oxidation sites excluding steroid dienone is 4. The van der Waals surface area contributed by atoms with E-state index in [4.69, 9.17) is 11.6 Å². The van der Waals surface area contributed by atoms with Crippen LogP contribution in [-0.4, -0.2) is 73.8 Å². The summed E-state index contributed by atoms with van der Waals surface area (Å²) in [5, 5.41) is 0.767. The summed E-state index contributed by atoms with van der Waals surface area (Å²) in [4.78, 5) is 2.03. The van der Waals surface area contributed by atoms with E-state index in [1.165, 1.54) is 20.5 Å². The summed E-state index contributed by atoms with van der Waals surface area (Å²) in [5.41, 5.74) is 8.62. The lowest BCUT2D eigenvalue weighted by Gasteiger charge is -2.35. The Kier molecular flexibility index (Phi) is 10.2. The van der Waals surface area contributed by atoms with E-state index in [1.54, 1.807) is 0 Å². The fourth-order valence-corrected chi connectivity index (χ4v) is 8.78. The van der Waals surface area contributed by atoms with Crippen LogP contribution in [0.4, 0.5) is 11.4 Å². The first-order valence-corrected chi connectivity index (χ1v) is 19.8. The highest BCUT2D eigenvalue weighted by Crippen LogP contribution is 2.48. The lowest BCUT2D eigenvalue weighted by molar-refractivity contribution is -0.881. The fourth-order valence-electron chi connectivity index (χ4n) is 7.14. The Morgan fingerprint density at radius 2 is 1.63 bits per heavy atom. The zero-order valence-corrected chi connectivity index (χ0v) is 33.6. The Balaban J connectivity index is 1.56. The second-order valence-corrected chi connectivity index (χ2v) is 18.7. The van der Waals surface area contributed by atoms with Crippen LogP contribution < -0.4 is 4.90 Å². The summed E-state index contributed by atoms with van der Waals surface area (Å²) in [6.45, 7) is 13.9. The molecule has 2 aromatic rings. The summed E-state index contributed by atoms with van der Waals surface area (Å²) < 4.78 is 38.7. The van der Waals surface area contributed by atoms with Gasteiger partial charge in [-0.2, -0.15) is 13.0 Å². The van der Waals surface area contributed by atoms with Crippen LogP contribution in [0, 0.1) is 7.14 Å². The van der Waals surface area contributed by atoms with Gasteiger partial charge in [-0.15, -0.1) is 0 Å². The van der Waals surface area contributed by atoms with Gasteiger partial charge in [0, 0.05) is 65.8 Å². The van der Waals surface area contributed by atoms with Crippen molar-refractivity contribution in [2.24, 2.45) is 0 Å². The molecule has 0 radical (unpaired) electrons. The Bertz CT molecular complexity index is 1850. The van der Waals surface area contributed by atoms with Gasteiger partial charge in [-0.25, -0.2) is 0 Å². The smallest absolute Gasteiger partial charge is 0.266 e. The van der Waals surface area contributed by atoms with Crippen LogP contribution in [-0.2, 0) is 20.9 Å². The molecule has 0 unspecified atom stereocenters. The van der Waals surface area contributed by atoms with Crippen molar-refractivity contribution in [2.75, 3.05) is 50.9 Å². The van der Waals surface area contributed by atoms with Crippen LogP contribution in [0.3, 0.4) is 0 Å². The molecule has 10 heteroatoms. The first-order chi connectivity index (χ1) is 21.4. The number of rotatable bonds is 8. The van der Waals surface area contributed by atoms with Crippen molar-refractivity contribution in [3.05, 3.63) is 101 Å². The third-order valence-electron chi connectivity index (χ3n) is 9.37. The molecular weight excluding hydrogens is 844 g/mol. The largest absolute Gasteiger partial charge is 0.343 e. The minimum absolute atomic E-state index is 0.135. The van der Waals surface area contributed by atoms with E-state index in [0.717, 1.165) is 67.2 Å². The Labute approximate surface area is 307 Å². The van der Waals surface area contributed by atoms with E-state index in [-0.39, 0.29) is 23.1 Å². The molecule has 0 bridgehead atoms. The molecule has 3 aliphatic heterocycles. The van der Waals surface area contributed by atoms with Crippen molar-refractivity contribution in [1.82, 2.24) is 0 Å². The van der Waals surface area contributed by atoms with Crippen molar-refractivity contribution in [1.29, 1.82) is 0 Å². The van der Waals surface area contributed by atoms with Gasteiger partial charge in [-0.3, -0.25) is 4.55 Å². The molecule has 246 valence electrons. The summed E-state index contributed by atoms with van der Waals surface area (Å²) in [7, 11) is 0.318. The molecule has 0 spiro atoms. The maximum Gasteiger partial charge on any atom is 0.266 e. The van der Waals surface area contributed by atoms with Crippen molar-refractivity contribution in [2.45, 2.75) is 51.9 Å². The maximum atomic E-state index is 11.8. The number of anilines is 1. The minimum Gasteiger partial charge on any atom is -0.343 e. The summed E-state index contributed by atoms with van der Waals surface area (Å²) >= 11 is 11.9. The number of hydrogen-bond donors (Lipinski definition) is 1. The van der Waals surface area contributed by atoms with Crippen molar-refractivity contribution < 1.29 is 22.0 Å². The molecule has 3 aliphatic rings. The quantitative estimate of drug-likeness (QED) is 0.126. The third kappa shape index (κ3) is 7.10. The molecule has 3 heterocycles. The SMILES string of the molecule is CCC[N+]1=C(/C=C/C2=C(Cl)C(=C/C=C3/N(CCS(=O)(=O)O)c4ccc(I)cc4C3(C)C)/C[N+](C)(C)C2)C(C)(C)c2cc(I)ccc21. The Morgan fingerprint density at radius 1 is 0.978 bits per heavy atom. The van der Waals surface area contributed by atoms with Gasteiger partial charge >= 0.3 is 0 Å². The van der Waals surface area contributed by atoms with E-state index >= 15 is 0 Å². The Hall–Kier alpha value is -1.51. The normalized spacial score (nSPS) is 22.0. The van der Waals surface area contributed by atoms with Crippen LogP contribution in [0.2, 0.25) is 0 Å². The first kappa shape index (κ1) is 35.8. The number of hydrogen-bond acceptors (Lipinski definition) is 3. The zero-order chi connectivity index (χ0) is 33.8. The van der Waals surface area contributed by atoms with Gasteiger partial charge in [0.05, 0.1) is 30.3 Å². The zero-order valence-electron chi connectivity index (χ0n) is 27.7. The molecule has 0 saturated heterocycles. The molecule has 0 saturated carbocycles. The van der Waals surface area contributed by atoms with Crippen molar-refractivity contribution in [3.63, 3.8) is 0 Å². The van der Waals surface area contributed by atoms with Gasteiger partial charge in [0.2, 0.25) is 5.69 Å². The fraction of sp³-hybridized carbons (Fsp3) is 0.417. The second kappa shape index (κ2) is 13.1. The number of fused-ring (bicyclic) bond motifs is 2. The molecule has 0 aromatic heterocycles. The number of benzene rings is 2. The minimum atomic E-state index is -4.13. The molecule has 6 nitrogen and oxygen atoms in total. The van der Waals surface area contributed by atoms with E-state index < -0.39 is 10.1 Å². The van der Waals surface area contributed by atoms with E-state index in [2.05, 4.69) is 147 Å². The molecule has 0 fully saturated rings. The third-order valence-corrected chi connectivity index (χ3v) is 11.9. The number of halogens is 3. The predicted molar refractivity (Wildman–Crippen MR) is 208 cm³/mol. The van der Waals surface area contributed by atoms with Crippen molar-refractivity contribution >= 4 is 84.0 Å². The maximum absolute atomic E-state index is 11.8. The number of nitrogens with zero attached hydrogens (tertiary/aromatic N) is 3. The first-order valence-electron chi connectivity index (χ1n) is 15.6. The van der Waals surface area contributed by atoms with E-state index in [1.807, 2.05) is 17.0 Å². The Morgan fingerprint density at radius 3 is 2.28 bits per heavy atom. The monoisotopic (exact) mass is 887 g/mol. The molecule has 0 atom stereocenters. The highest BCUT2D eigenvalue weighted by molar-refractivity contribution is 14.1. The molecule has 46 heavy (non-hydrogen) atoms. The molecule has 2 aromatic carbocycles. The van der Waals surface area contributed by atoms with Crippen LogP contribution in [0.25, 0.3) is 0 Å². The average Bonchev–Trinajstić information content (AvgIpc) is 3.28. The van der Waals surface area contributed by atoms with Crippen LogP contribution in [0.1, 0.15) is 52.2 Å². The number of likely N-dealkylation sites (N-methyl/N-ethyl adjacent to an activating group) is 1. The number of quaternary nitrogens is 1. The highest BCUT2D eigenvalue weighted by Gasteiger charge is 2.44. The topological polar surface area (TPSA) is 60.6 Å². The van der Waals surface area contributed by atoms with Crippen LogP contribution in [0.15, 0.2) is 82.6 Å². The van der Waals surface area contributed by atoms with Crippen LogP contribution in [0.5, 0.6) is 0 Å². The molecule has 5 rings (SSSR count). The van der Waals surface area contributed by atoms with E-state index in [0.29, 0.717) is 0 Å². The van der Waals surface area contributed by atoms with Gasteiger partial charge in [0.15, 0.2) is 5.71 Å². The lowest BCUT2D eigenvalue weighted by atomic mass is 9.81. The van der Waals surface area contributed by atoms with Gasteiger partial charge < -0.3 is 9.38 Å². The van der Waals surface area contributed by atoms with E-state index in [9.17, 15) is 13.0 Å². The predicted octanol–water partition coefficient (Wildman–Crippen LogP) is 8.32. The highest BCUT2D eigenvalue weighted by atomic mass is 127. The molecule has 0 aliphatic carbocycles. The summed E-state index contributed by atoms with van der Waals surface area (Å²) in [6.07, 6.45) is 9.75. The molecule has 0 amide bonds. The van der Waals surface area contributed by atoms with Crippen molar-refractivity contribution in [3.8, 4) is 0 Å². The molecule has 1 N–H and O–H groups in total. The summed E-state index contributed by atoms with van der Waals surface area (Å²) in [5.74, 6) is -0.352. The van der Waals surface area contributed by atoms with Gasteiger partial charge in [0.1, 0.15) is 19.6 Å². The van der Waals surface area contributed by atoms with Gasteiger partial charge in [0.25, 0.3) is 10.1 Å². The second-order valence-electron chi connectivity index (χ2n) is 14.2. The van der Waals surface area contributed by atoms with Crippen LogP contribution >= 0.6 is 56.8 Å². The standard InChI is InChI=1S/C36H43ClI2N3O3S/c1-8-17-40-30-13-11-26(38)20-28(30)35(2,3)32(40)15-9-24-22-42(6,7)23-25(34(24)37)10-16-33-36(4,5)29-21-27(39)12-14-31(29)41(33)18-19-46(43,44)45/h9-16,20-21H,8,17-19,22-23H2,1-7H3/q+1/p+1. The van der Waals surface area contributed by atoms with Gasteiger partial charge in [-0.05, 0) is 107 Å². The lowest BCUT2D eigenvalue weighted by Crippen LogP contribution is -2.45. The van der Waals surface area contributed by atoms with Gasteiger partial charge in [-0.1, -0.05) is 38.4 Å².